The Kier molecular flexibility index (Phi) is 5.76. The number of carbonyl (C=O) groups is 5. The summed E-state index contributed by atoms with van der Waals surface area (Å²) < 4.78 is 4.99. The van der Waals surface area contributed by atoms with E-state index in [1.165, 1.54) is 46.8 Å². The Morgan fingerprint density at radius 2 is 1.79 bits per heavy atom. The number of carbonyl (C=O) groups excluding carboxylic acids is 4. The van der Waals surface area contributed by atoms with Crippen molar-refractivity contribution in [3.05, 3.63) is 28.8 Å². The summed E-state index contributed by atoms with van der Waals surface area (Å²) in [6.07, 6.45) is -1.12. The fraction of sp³-hybridized carbons (Fsp3) is 0.421. The largest absolute Gasteiger partial charge is 0.478 e. The SMILES string of the molecule is CC(C)(C)C(=O)C(C(=O)Nc1cc(C(=O)O)ccc1Cl)N1C(=O)OC(C)(C)C1=O. The third-order valence-electron chi connectivity index (χ3n) is 4.24. The number of nitrogens with zero attached hydrogens (tertiary/aromatic N) is 1. The summed E-state index contributed by atoms with van der Waals surface area (Å²) in [5.41, 5.74) is -2.85. The molecule has 1 fully saturated rings. The topological polar surface area (TPSA) is 130 Å². The summed E-state index contributed by atoms with van der Waals surface area (Å²) in [7, 11) is 0. The molecule has 0 saturated carbocycles. The quantitative estimate of drug-likeness (QED) is 0.695. The number of cyclic esters (lactones) is 1. The Labute approximate surface area is 171 Å². The van der Waals surface area contributed by atoms with E-state index >= 15 is 0 Å². The van der Waals surface area contributed by atoms with Crippen LogP contribution in [0.25, 0.3) is 0 Å². The molecule has 29 heavy (non-hydrogen) atoms. The van der Waals surface area contributed by atoms with Gasteiger partial charge in [-0.1, -0.05) is 32.4 Å². The smallest absolute Gasteiger partial charge is 0.418 e. The van der Waals surface area contributed by atoms with Crippen LogP contribution in [0.15, 0.2) is 18.2 Å². The normalized spacial score (nSPS) is 17.0. The van der Waals surface area contributed by atoms with Gasteiger partial charge in [0.15, 0.2) is 17.4 Å². The molecule has 0 aliphatic carbocycles. The van der Waals surface area contributed by atoms with Crippen molar-refractivity contribution in [2.75, 3.05) is 5.32 Å². The molecule has 1 aromatic carbocycles. The van der Waals surface area contributed by atoms with E-state index in [9.17, 15) is 24.0 Å². The third-order valence-corrected chi connectivity index (χ3v) is 4.57. The van der Waals surface area contributed by atoms with E-state index in [1.54, 1.807) is 0 Å². The van der Waals surface area contributed by atoms with Gasteiger partial charge in [-0.2, -0.15) is 0 Å². The number of aromatic carboxylic acids is 1. The fourth-order valence-electron chi connectivity index (χ4n) is 2.63. The minimum Gasteiger partial charge on any atom is -0.478 e. The summed E-state index contributed by atoms with van der Waals surface area (Å²) in [6, 6.07) is 1.79. The number of hydrogen-bond acceptors (Lipinski definition) is 6. The maximum atomic E-state index is 13.0. The van der Waals surface area contributed by atoms with E-state index in [2.05, 4.69) is 5.32 Å². The van der Waals surface area contributed by atoms with Crippen molar-refractivity contribution < 1.29 is 33.8 Å². The van der Waals surface area contributed by atoms with Gasteiger partial charge in [0, 0.05) is 5.41 Å². The van der Waals surface area contributed by atoms with E-state index in [0.717, 1.165) is 6.07 Å². The molecule has 1 aliphatic heterocycles. The average Bonchev–Trinajstić information content (AvgIpc) is 2.77. The highest BCUT2D eigenvalue weighted by Gasteiger charge is 2.55. The fourth-order valence-corrected chi connectivity index (χ4v) is 2.79. The maximum absolute atomic E-state index is 13.0. The van der Waals surface area contributed by atoms with Crippen LogP contribution in [0.2, 0.25) is 5.02 Å². The number of benzene rings is 1. The van der Waals surface area contributed by atoms with Crippen LogP contribution in [0.1, 0.15) is 45.0 Å². The molecule has 9 nitrogen and oxygen atoms in total. The van der Waals surface area contributed by atoms with Gasteiger partial charge in [-0.25, -0.2) is 14.5 Å². The van der Waals surface area contributed by atoms with Crippen LogP contribution in [0.5, 0.6) is 0 Å². The van der Waals surface area contributed by atoms with Crippen molar-refractivity contribution in [3.8, 4) is 0 Å². The molecule has 1 aromatic rings. The van der Waals surface area contributed by atoms with Crippen LogP contribution < -0.4 is 5.32 Å². The predicted octanol–water partition coefficient (Wildman–Crippen LogP) is 2.72. The highest BCUT2D eigenvalue weighted by atomic mass is 35.5. The van der Waals surface area contributed by atoms with Gasteiger partial charge in [0.2, 0.25) is 0 Å². The zero-order chi connectivity index (χ0) is 22.3. The minimum atomic E-state index is -1.82. The summed E-state index contributed by atoms with van der Waals surface area (Å²) in [4.78, 5) is 62.5. The van der Waals surface area contributed by atoms with E-state index in [0.29, 0.717) is 4.90 Å². The molecule has 2 N–H and O–H groups in total. The first kappa shape index (κ1) is 22.4. The lowest BCUT2D eigenvalue weighted by Crippen LogP contribution is -2.55. The molecule has 1 unspecified atom stereocenters. The number of halogens is 1. The van der Waals surface area contributed by atoms with E-state index in [4.69, 9.17) is 21.4 Å². The number of carboxylic acids is 1. The number of amides is 3. The number of ether oxygens (including phenoxy) is 1. The standard InChI is InChI=1S/C19H21ClN2O7/c1-18(2,3)13(23)12(22-16(27)19(4,5)29-17(22)28)14(24)21-11-8-9(15(25)26)6-7-10(11)20/h6-8,12H,1-5H3,(H,21,24)(H,25,26). The van der Waals surface area contributed by atoms with Crippen molar-refractivity contribution in [1.82, 2.24) is 4.90 Å². The minimum absolute atomic E-state index is 0.0148. The second-order valence-corrected chi connectivity index (χ2v) is 8.47. The maximum Gasteiger partial charge on any atom is 0.418 e. The Balaban J connectivity index is 2.48. The van der Waals surface area contributed by atoms with Gasteiger partial charge in [-0.15, -0.1) is 0 Å². The summed E-state index contributed by atoms with van der Waals surface area (Å²) in [5, 5.41) is 11.5. The molecule has 1 saturated heterocycles. The lowest BCUT2D eigenvalue weighted by Gasteiger charge is -2.28. The van der Waals surface area contributed by atoms with E-state index < -0.39 is 46.7 Å². The number of ketones is 1. The monoisotopic (exact) mass is 424 g/mol. The van der Waals surface area contributed by atoms with Gasteiger partial charge in [0.25, 0.3) is 11.8 Å². The van der Waals surface area contributed by atoms with E-state index in [1.807, 2.05) is 0 Å². The van der Waals surface area contributed by atoms with Crippen molar-refractivity contribution in [3.63, 3.8) is 0 Å². The first-order valence-corrected chi connectivity index (χ1v) is 8.99. The predicted molar refractivity (Wildman–Crippen MR) is 103 cm³/mol. The Morgan fingerprint density at radius 1 is 1.21 bits per heavy atom. The first-order valence-electron chi connectivity index (χ1n) is 8.61. The highest BCUT2D eigenvalue weighted by Crippen LogP contribution is 2.30. The highest BCUT2D eigenvalue weighted by molar-refractivity contribution is 6.34. The van der Waals surface area contributed by atoms with Crippen molar-refractivity contribution in [2.24, 2.45) is 5.41 Å². The van der Waals surface area contributed by atoms with Gasteiger partial charge in [0.1, 0.15) is 0 Å². The molecule has 1 aliphatic rings. The van der Waals surface area contributed by atoms with Gasteiger partial charge in [0.05, 0.1) is 16.3 Å². The number of nitrogens with one attached hydrogen (secondary N) is 1. The number of hydrogen-bond donors (Lipinski definition) is 2. The average molecular weight is 425 g/mol. The number of Topliss-reactive ketones (excluding diaryl/α,β-unsaturated/α-hetero) is 1. The molecule has 1 heterocycles. The molecule has 0 bridgehead atoms. The summed E-state index contributed by atoms with van der Waals surface area (Å²) in [5.74, 6) is -3.81. The molecular formula is C19H21ClN2O7. The van der Waals surface area contributed by atoms with Crippen molar-refractivity contribution in [1.29, 1.82) is 0 Å². The van der Waals surface area contributed by atoms with E-state index in [-0.39, 0.29) is 16.3 Å². The summed E-state index contributed by atoms with van der Waals surface area (Å²) >= 11 is 6.02. The number of carboxylic acid groups (broad SMARTS) is 1. The van der Waals surface area contributed by atoms with Gasteiger partial charge in [-0.05, 0) is 32.0 Å². The van der Waals surface area contributed by atoms with Crippen molar-refractivity contribution >= 4 is 46.9 Å². The molecule has 0 aromatic heterocycles. The Morgan fingerprint density at radius 3 is 2.24 bits per heavy atom. The second kappa shape index (κ2) is 7.47. The number of imide groups is 1. The molecule has 1 atom stereocenters. The van der Waals surface area contributed by atoms with Gasteiger partial charge < -0.3 is 15.2 Å². The van der Waals surface area contributed by atoms with Crippen LogP contribution in [0.4, 0.5) is 10.5 Å². The lowest BCUT2D eigenvalue weighted by atomic mass is 9.85. The third kappa shape index (κ3) is 4.40. The molecular weight excluding hydrogens is 404 g/mol. The van der Waals surface area contributed by atoms with Crippen LogP contribution in [-0.4, -0.2) is 51.3 Å². The molecule has 0 radical (unpaired) electrons. The van der Waals surface area contributed by atoms with Crippen LogP contribution in [-0.2, 0) is 19.1 Å². The molecule has 0 spiro atoms. The second-order valence-electron chi connectivity index (χ2n) is 8.06. The number of anilines is 1. The van der Waals surface area contributed by atoms with Crippen molar-refractivity contribution in [2.45, 2.75) is 46.3 Å². The van der Waals surface area contributed by atoms with Gasteiger partial charge in [-0.3, -0.25) is 14.4 Å². The molecule has 156 valence electrons. The number of rotatable bonds is 5. The summed E-state index contributed by atoms with van der Waals surface area (Å²) in [6.45, 7) is 7.29. The van der Waals surface area contributed by atoms with Crippen LogP contribution in [0, 0.1) is 5.41 Å². The van der Waals surface area contributed by atoms with Crippen LogP contribution in [0.3, 0.4) is 0 Å². The van der Waals surface area contributed by atoms with Gasteiger partial charge >= 0.3 is 12.1 Å². The first-order chi connectivity index (χ1) is 13.2. The molecule has 3 amide bonds. The molecule has 2 rings (SSSR count). The lowest BCUT2D eigenvalue weighted by molar-refractivity contribution is -0.145. The molecule has 10 heteroatoms. The van der Waals surface area contributed by atoms with Crippen LogP contribution >= 0.6 is 11.6 Å². The Hall–Kier alpha value is -2.94. The zero-order valence-corrected chi connectivity index (χ0v) is 17.3. The zero-order valence-electron chi connectivity index (χ0n) is 16.5. The Bertz CT molecular complexity index is 918.